The minimum atomic E-state index is -0.811. The third-order valence-corrected chi connectivity index (χ3v) is 3.84. The highest BCUT2D eigenvalue weighted by atomic mass is 17.2. The summed E-state index contributed by atoms with van der Waals surface area (Å²) in [5.41, 5.74) is 0. The zero-order valence-electron chi connectivity index (χ0n) is 13.0. The van der Waals surface area contributed by atoms with E-state index < -0.39 is 11.9 Å². The van der Waals surface area contributed by atoms with E-state index in [-0.39, 0.29) is 23.6 Å². The van der Waals surface area contributed by atoms with Gasteiger partial charge in [0, 0.05) is 6.08 Å². The van der Waals surface area contributed by atoms with Crippen LogP contribution in [0.5, 0.6) is 11.5 Å². The van der Waals surface area contributed by atoms with E-state index in [9.17, 15) is 14.4 Å². The number of rotatable bonds is 6. The molecular weight excluding hydrogens is 316 g/mol. The van der Waals surface area contributed by atoms with Gasteiger partial charge in [0.2, 0.25) is 0 Å². The number of carboxylic acid groups (broad SMARTS) is 1. The first kappa shape index (κ1) is 17.5. The van der Waals surface area contributed by atoms with Gasteiger partial charge in [0.25, 0.3) is 0 Å². The van der Waals surface area contributed by atoms with Gasteiger partial charge in [-0.1, -0.05) is 6.58 Å². The number of ether oxygens (including phenoxy) is 1. The highest BCUT2D eigenvalue weighted by molar-refractivity contribution is 5.80. The zero-order chi connectivity index (χ0) is 17.5. The molecule has 1 aromatic rings. The third-order valence-electron chi connectivity index (χ3n) is 3.84. The Labute approximate surface area is 138 Å². The standard InChI is InChI=1S/C17H18O7/c1-2-15(18)24-23-14-9-7-13(8-10-14)22-17(21)12-5-3-11(4-6-12)16(19)20/h2,7-12H,1,3-6H2,(H,19,20)/t11-,12-. The van der Waals surface area contributed by atoms with E-state index in [0.717, 1.165) is 6.08 Å². The van der Waals surface area contributed by atoms with Gasteiger partial charge in [-0.25, -0.2) is 9.68 Å². The van der Waals surface area contributed by atoms with Crippen LogP contribution in [0.1, 0.15) is 25.7 Å². The first-order valence-electron chi connectivity index (χ1n) is 7.55. The summed E-state index contributed by atoms with van der Waals surface area (Å²) >= 11 is 0. The number of aliphatic carboxylic acids is 1. The summed E-state index contributed by atoms with van der Waals surface area (Å²) < 4.78 is 5.29. The van der Waals surface area contributed by atoms with Gasteiger partial charge < -0.3 is 9.84 Å². The molecule has 0 amide bonds. The lowest BCUT2D eigenvalue weighted by molar-refractivity contribution is -0.207. The second-order valence-corrected chi connectivity index (χ2v) is 5.47. The maximum absolute atomic E-state index is 12.1. The van der Waals surface area contributed by atoms with Gasteiger partial charge >= 0.3 is 17.9 Å². The van der Waals surface area contributed by atoms with Crippen LogP contribution in [-0.4, -0.2) is 23.0 Å². The van der Waals surface area contributed by atoms with Gasteiger partial charge in [-0.15, -0.1) is 0 Å². The van der Waals surface area contributed by atoms with Gasteiger partial charge in [-0.3, -0.25) is 14.5 Å². The number of esters is 1. The molecule has 7 nitrogen and oxygen atoms in total. The molecule has 0 radical (unpaired) electrons. The van der Waals surface area contributed by atoms with Crippen molar-refractivity contribution in [3.8, 4) is 11.5 Å². The zero-order valence-corrected chi connectivity index (χ0v) is 13.0. The maximum Gasteiger partial charge on any atom is 0.378 e. The first-order valence-corrected chi connectivity index (χ1v) is 7.55. The van der Waals surface area contributed by atoms with Crippen LogP contribution in [0.2, 0.25) is 0 Å². The van der Waals surface area contributed by atoms with Crippen molar-refractivity contribution >= 4 is 17.9 Å². The molecule has 1 aliphatic rings. The minimum Gasteiger partial charge on any atom is -0.481 e. The molecule has 0 unspecified atom stereocenters. The molecule has 1 fully saturated rings. The molecule has 1 saturated carbocycles. The minimum absolute atomic E-state index is 0.270. The van der Waals surface area contributed by atoms with Crippen LogP contribution in [-0.2, 0) is 19.3 Å². The molecule has 0 saturated heterocycles. The smallest absolute Gasteiger partial charge is 0.378 e. The first-order chi connectivity index (χ1) is 11.5. The Balaban J connectivity index is 1.83. The van der Waals surface area contributed by atoms with Gasteiger partial charge in [0.15, 0.2) is 5.75 Å². The van der Waals surface area contributed by atoms with E-state index in [1.54, 1.807) is 0 Å². The van der Waals surface area contributed by atoms with E-state index in [4.69, 9.17) is 14.7 Å². The lowest BCUT2D eigenvalue weighted by atomic mass is 9.82. The van der Waals surface area contributed by atoms with Crippen molar-refractivity contribution in [2.24, 2.45) is 11.8 Å². The SMILES string of the molecule is C=CC(=O)OOc1ccc(OC(=O)[C@H]2CC[C@H](C(=O)O)CC2)cc1. The Kier molecular flexibility index (Phi) is 5.95. The highest BCUT2D eigenvalue weighted by Gasteiger charge is 2.30. The van der Waals surface area contributed by atoms with Crippen LogP contribution in [0.25, 0.3) is 0 Å². The van der Waals surface area contributed by atoms with E-state index in [1.807, 2.05) is 0 Å². The molecule has 0 heterocycles. The lowest BCUT2D eigenvalue weighted by Gasteiger charge is -2.24. The molecule has 0 aromatic heterocycles. The predicted octanol–water partition coefficient (Wildman–Crippen LogP) is 2.51. The van der Waals surface area contributed by atoms with Gasteiger partial charge in [0.1, 0.15) is 5.75 Å². The Morgan fingerprint density at radius 1 is 1.00 bits per heavy atom. The summed E-state index contributed by atoms with van der Waals surface area (Å²) in [6.07, 6.45) is 2.95. The topological polar surface area (TPSA) is 99.1 Å². The quantitative estimate of drug-likeness (QED) is 0.280. The summed E-state index contributed by atoms with van der Waals surface area (Å²) in [4.78, 5) is 43.0. The molecule has 24 heavy (non-hydrogen) atoms. The monoisotopic (exact) mass is 334 g/mol. The van der Waals surface area contributed by atoms with Crippen molar-refractivity contribution < 1.29 is 34.0 Å². The van der Waals surface area contributed by atoms with E-state index in [1.165, 1.54) is 24.3 Å². The molecule has 128 valence electrons. The average Bonchev–Trinajstić information content (AvgIpc) is 2.60. The van der Waals surface area contributed by atoms with Gasteiger partial charge in [-0.2, -0.15) is 0 Å². The van der Waals surface area contributed by atoms with Crippen molar-refractivity contribution in [1.82, 2.24) is 0 Å². The Bertz CT molecular complexity index is 612. The van der Waals surface area contributed by atoms with Crippen LogP contribution in [0.4, 0.5) is 0 Å². The highest BCUT2D eigenvalue weighted by Crippen LogP contribution is 2.30. The van der Waals surface area contributed by atoms with Crippen LogP contribution in [0.3, 0.4) is 0 Å². The normalized spacial score (nSPS) is 19.8. The molecule has 1 aliphatic carbocycles. The number of hydrogen-bond acceptors (Lipinski definition) is 6. The van der Waals surface area contributed by atoms with Gasteiger partial charge in [0.05, 0.1) is 11.8 Å². The van der Waals surface area contributed by atoms with Gasteiger partial charge in [-0.05, 0) is 49.9 Å². The van der Waals surface area contributed by atoms with Crippen molar-refractivity contribution in [2.45, 2.75) is 25.7 Å². The Hall–Kier alpha value is -2.83. The summed E-state index contributed by atoms with van der Waals surface area (Å²) in [6.45, 7) is 3.23. The fourth-order valence-corrected chi connectivity index (χ4v) is 2.46. The van der Waals surface area contributed by atoms with E-state index in [0.29, 0.717) is 31.4 Å². The fraction of sp³-hybridized carbons (Fsp3) is 0.353. The molecule has 0 aliphatic heterocycles. The fourth-order valence-electron chi connectivity index (χ4n) is 2.46. The van der Waals surface area contributed by atoms with Crippen molar-refractivity contribution in [3.05, 3.63) is 36.9 Å². The second-order valence-electron chi connectivity index (χ2n) is 5.47. The Morgan fingerprint density at radius 2 is 1.54 bits per heavy atom. The third kappa shape index (κ3) is 4.84. The van der Waals surface area contributed by atoms with Crippen molar-refractivity contribution in [1.29, 1.82) is 0 Å². The summed E-state index contributed by atoms with van der Waals surface area (Å²) in [7, 11) is 0. The molecule has 0 spiro atoms. The largest absolute Gasteiger partial charge is 0.481 e. The number of benzene rings is 1. The number of carbonyl (C=O) groups excluding carboxylic acids is 2. The van der Waals surface area contributed by atoms with E-state index >= 15 is 0 Å². The molecule has 7 heteroatoms. The molecule has 0 bridgehead atoms. The van der Waals surface area contributed by atoms with Crippen LogP contribution < -0.4 is 9.62 Å². The number of carboxylic acids is 1. The predicted molar refractivity (Wildman–Crippen MR) is 82.1 cm³/mol. The second kappa shape index (κ2) is 8.14. The number of hydrogen-bond donors (Lipinski definition) is 1. The summed E-state index contributed by atoms with van der Waals surface area (Å²) in [6, 6.07) is 6.00. The van der Waals surface area contributed by atoms with Crippen molar-refractivity contribution in [2.75, 3.05) is 0 Å². The molecule has 1 N–H and O–H groups in total. The summed E-state index contributed by atoms with van der Waals surface area (Å²) in [5.74, 6) is -1.95. The molecule has 0 atom stereocenters. The molecule has 2 rings (SSSR count). The van der Waals surface area contributed by atoms with Crippen LogP contribution in [0, 0.1) is 11.8 Å². The molecule has 1 aromatic carbocycles. The van der Waals surface area contributed by atoms with Crippen LogP contribution in [0.15, 0.2) is 36.9 Å². The lowest BCUT2D eigenvalue weighted by Crippen LogP contribution is -2.28. The average molecular weight is 334 g/mol. The van der Waals surface area contributed by atoms with Crippen LogP contribution >= 0.6 is 0 Å². The summed E-state index contributed by atoms with van der Waals surface area (Å²) in [5, 5.41) is 8.95. The van der Waals surface area contributed by atoms with Crippen molar-refractivity contribution in [3.63, 3.8) is 0 Å². The van der Waals surface area contributed by atoms with E-state index in [2.05, 4.69) is 11.5 Å². The number of carbonyl (C=O) groups is 3. The Morgan fingerprint density at radius 3 is 2.08 bits per heavy atom. The maximum atomic E-state index is 12.1. The molecular formula is C17H18O7.